The molecule has 4 heterocycles. The van der Waals surface area contributed by atoms with Gasteiger partial charge in [0.15, 0.2) is 5.11 Å². The van der Waals surface area contributed by atoms with Gasteiger partial charge in [-0.25, -0.2) is 0 Å². The molecule has 29 heavy (non-hydrogen) atoms. The molecule has 6 heteroatoms. The van der Waals surface area contributed by atoms with Crippen molar-refractivity contribution >= 4 is 17.3 Å². The molecule has 0 aromatic carbocycles. The summed E-state index contributed by atoms with van der Waals surface area (Å²) in [7, 11) is 0. The average Bonchev–Trinajstić information content (AvgIpc) is 3.51. The van der Waals surface area contributed by atoms with E-state index in [9.17, 15) is 0 Å². The number of ether oxygens (including phenoxy) is 1. The first-order chi connectivity index (χ1) is 14.3. The molecule has 3 unspecified atom stereocenters. The summed E-state index contributed by atoms with van der Waals surface area (Å²) in [6.07, 6.45) is 15.7. The molecule has 0 spiro atoms. The molecule has 0 radical (unpaired) electrons. The normalized spacial score (nSPS) is 28.1. The van der Waals surface area contributed by atoms with E-state index in [0.29, 0.717) is 6.04 Å². The second kappa shape index (κ2) is 8.44. The summed E-state index contributed by atoms with van der Waals surface area (Å²) in [6, 6.07) is 9.25. The van der Waals surface area contributed by atoms with Crippen LogP contribution in [0.25, 0.3) is 0 Å². The Morgan fingerprint density at radius 3 is 2.76 bits per heavy atom. The molecule has 2 aromatic heterocycles. The lowest BCUT2D eigenvalue weighted by atomic mass is 9.95. The molecule has 3 fully saturated rings. The molecule has 3 atom stereocenters. The molecule has 1 N–H and O–H groups in total. The standard InChI is InChI=1S/C23H30N4OS/c29-23-25-21(20-10-4-5-12-24-20)22(27(23)16-19-9-6-14-28-19)17-11-13-26(15-17)18-7-2-1-3-8-18/h4-5,10-13,15,18-19,21-22H,1-3,6-9,14,16H2,(H,25,29). The SMILES string of the molecule is S=C1NC(c2ccccn2)C(c2ccn(C3CCCCC3)c2)N1CC1CCCO1. The summed E-state index contributed by atoms with van der Waals surface area (Å²) in [6.45, 7) is 1.71. The van der Waals surface area contributed by atoms with E-state index in [2.05, 4.69) is 50.4 Å². The number of rotatable bonds is 5. The number of aromatic nitrogens is 2. The minimum atomic E-state index is 0.0623. The largest absolute Gasteiger partial charge is 0.376 e. The van der Waals surface area contributed by atoms with Crippen molar-refractivity contribution in [2.24, 2.45) is 0 Å². The summed E-state index contributed by atoms with van der Waals surface area (Å²) >= 11 is 5.79. The number of nitrogens with one attached hydrogen (secondary N) is 1. The quantitative estimate of drug-likeness (QED) is 0.733. The number of hydrogen-bond donors (Lipinski definition) is 1. The lowest BCUT2D eigenvalue weighted by Gasteiger charge is -2.29. The molecule has 5 nitrogen and oxygen atoms in total. The predicted molar refractivity (Wildman–Crippen MR) is 118 cm³/mol. The van der Waals surface area contributed by atoms with Crippen molar-refractivity contribution in [1.29, 1.82) is 0 Å². The fourth-order valence-corrected chi connectivity index (χ4v) is 5.50. The van der Waals surface area contributed by atoms with Crippen LogP contribution in [0.2, 0.25) is 0 Å². The summed E-state index contributed by atoms with van der Waals surface area (Å²) in [5, 5.41) is 4.37. The third kappa shape index (κ3) is 3.92. The highest BCUT2D eigenvalue weighted by molar-refractivity contribution is 7.80. The molecule has 154 valence electrons. The van der Waals surface area contributed by atoms with Crippen molar-refractivity contribution in [2.75, 3.05) is 13.2 Å². The molecule has 2 aliphatic heterocycles. The van der Waals surface area contributed by atoms with Gasteiger partial charge in [0.25, 0.3) is 0 Å². The van der Waals surface area contributed by atoms with E-state index in [1.165, 1.54) is 37.7 Å². The number of thiocarbonyl (C=S) groups is 1. The van der Waals surface area contributed by atoms with Gasteiger partial charge in [0.05, 0.1) is 23.9 Å². The zero-order valence-corrected chi connectivity index (χ0v) is 17.7. The summed E-state index contributed by atoms with van der Waals surface area (Å²) in [4.78, 5) is 6.99. The van der Waals surface area contributed by atoms with Crippen molar-refractivity contribution in [3.63, 3.8) is 0 Å². The zero-order valence-electron chi connectivity index (χ0n) is 16.9. The first kappa shape index (κ1) is 19.1. The van der Waals surface area contributed by atoms with Gasteiger partial charge in [-0.3, -0.25) is 4.98 Å². The van der Waals surface area contributed by atoms with E-state index in [1.807, 2.05) is 12.3 Å². The Bertz CT molecular complexity index is 826. The third-order valence-corrected chi connectivity index (χ3v) is 7.05. The molecule has 0 amide bonds. The van der Waals surface area contributed by atoms with Gasteiger partial charge in [-0.15, -0.1) is 0 Å². The topological polar surface area (TPSA) is 42.3 Å². The van der Waals surface area contributed by atoms with Crippen LogP contribution < -0.4 is 5.32 Å². The van der Waals surface area contributed by atoms with E-state index in [0.717, 1.165) is 36.8 Å². The Morgan fingerprint density at radius 2 is 2.00 bits per heavy atom. The number of nitrogens with zero attached hydrogens (tertiary/aromatic N) is 3. The fraction of sp³-hybridized carbons (Fsp3) is 0.565. The van der Waals surface area contributed by atoms with Crippen LogP contribution in [0.4, 0.5) is 0 Å². The zero-order chi connectivity index (χ0) is 19.6. The van der Waals surface area contributed by atoms with Gasteiger partial charge in [-0.1, -0.05) is 25.3 Å². The first-order valence-corrected chi connectivity index (χ1v) is 11.5. The van der Waals surface area contributed by atoms with E-state index in [1.54, 1.807) is 0 Å². The Balaban J connectivity index is 1.45. The molecule has 3 aliphatic rings. The van der Waals surface area contributed by atoms with Crippen molar-refractivity contribution in [3.05, 3.63) is 54.1 Å². The Morgan fingerprint density at radius 1 is 1.10 bits per heavy atom. The van der Waals surface area contributed by atoms with Crippen LogP contribution in [0, 0.1) is 0 Å². The third-order valence-electron chi connectivity index (χ3n) is 6.70. The van der Waals surface area contributed by atoms with E-state index < -0.39 is 0 Å². The molecule has 5 rings (SSSR count). The fourth-order valence-electron chi connectivity index (χ4n) is 5.18. The molecule has 1 aliphatic carbocycles. The Labute approximate surface area is 178 Å². The van der Waals surface area contributed by atoms with Gasteiger partial charge in [0.2, 0.25) is 0 Å². The van der Waals surface area contributed by atoms with Gasteiger partial charge < -0.3 is 19.5 Å². The maximum Gasteiger partial charge on any atom is 0.170 e. The average molecular weight is 411 g/mol. The Hall–Kier alpha value is -1.92. The van der Waals surface area contributed by atoms with Crippen LogP contribution >= 0.6 is 12.2 Å². The van der Waals surface area contributed by atoms with E-state index in [4.69, 9.17) is 17.0 Å². The highest BCUT2D eigenvalue weighted by Crippen LogP contribution is 2.40. The minimum absolute atomic E-state index is 0.0623. The van der Waals surface area contributed by atoms with E-state index in [-0.39, 0.29) is 18.2 Å². The molecule has 2 saturated heterocycles. The first-order valence-electron chi connectivity index (χ1n) is 11.1. The molecule has 0 bridgehead atoms. The summed E-state index contributed by atoms with van der Waals surface area (Å²) in [5.74, 6) is 0. The van der Waals surface area contributed by atoms with E-state index >= 15 is 0 Å². The van der Waals surface area contributed by atoms with Crippen LogP contribution in [0.3, 0.4) is 0 Å². The maximum absolute atomic E-state index is 5.94. The van der Waals surface area contributed by atoms with Crippen LogP contribution in [0.1, 0.15) is 74.3 Å². The van der Waals surface area contributed by atoms with Crippen LogP contribution in [-0.4, -0.2) is 38.8 Å². The van der Waals surface area contributed by atoms with Gasteiger partial charge >= 0.3 is 0 Å². The predicted octanol–water partition coefficient (Wildman–Crippen LogP) is 4.54. The second-order valence-electron chi connectivity index (χ2n) is 8.60. The van der Waals surface area contributed by atoms with Crippen molar-refractivity contribution in [3.8, 4) is 0 Å². The molecular weight excluding hydrogens is 380 g/mol. The maximum atomic E-state index is 5.94. The smallest absolute Gasteiger partial charge is 0.170 e. The van der Waals surface area contributed by atoms with Gasteiger partial charge in [0, 0.05) is 37.8 Å². The Kier molecular flexibility index (Phi) is 5.55. The highest BCUT2D eigenvalue weighted by atomic mass is 32.1. The lowest BCUT2D eigenvalue weighted by molar-refractivity contribution is 0.0842. The second-order valence-corrected chi connectivity index (χ2v) is 8.98. The van der Waals surface area contributed by atoms with Crippen molar-refractivity contribution < 1.29 is 4.74 Å². The van der Waals surface area contributed by atoms with Crippen LogP contribution in [-0.2, 0) is 4.74 Å². The number of pyridine rings is 1. The van der Waals surface area contributed by atoms with Crippen LogP contribution in [0.15, 0.2) is 42.9 Å². The lowest BCUT2D eigenvalue weighted by Crippen LogP contribution is -2.36. The summed E-state index contributed by atoms with van der Waals surface area (Å²) in [5.41, 5.74) is 2.36. The minimum Gasteiger partial charge on any atom is -0.376 e. The van der Waals surface area contributed by atoms with Crippen molar-refractivity contribution in [2.45, 2.75) is 69.2 Å². The number of hydrogen-bond acceptors (Lipinski definition) is 3. The monoisotopic (exact) mass is 410 g/mol. The molecule has 2 aromatic rings. The molecule has 1 saturated carbocycles. The van der Waals surface area contributed by atoms with Gasteiger partial charge in [-0.05, 0) is 61.7 Å². The highest BCUT2D eigenvalue weighted by Gasteiger charge is 2.41. The molecular formula is C23H30N4OS. The van der Waals surface area contributed by atoms with Gasteiger partial charge in [0.1, 0.15) is 0 Å². The van der Waals surface area contributed by atoms with Crippen LogP contribution in [0.5, 0.6) is 0 Å². The van der Waals surface area contributed by atoms with Gasteiger partial charge in [-0.2, -0.15) is 0 Å². The summed E-state index contributed by atoms with van der Waals surface area (Å²) < 4.78 is 8.38. The van der Waals surface area contributed by atoms with Crippen molar-refractivity contribution in [1.82, 2.24) is 19.8 Å².